The van der Waals surface area contributed by atoms with Crippen LogP contribution in [-0.2, 0) is 0 Å². The number of allylic oxidation sites excluding steroid dienone is 1. The average molecular weight is 237 g/mol. The first kappa shape index (κ1) is 14.6. The van der Waals surface area contributed by atoms with Crippen LogP contribution in [0, 0.1) is 16.7 Å². The maximum Gasteiger partial charge on any atom is 0.0258 e. The van der Waals surface area contributed by atoms with Crippen LogP contribution in [0.15, 0.2) is 12.3 Å². The molecule has 0 aromatic rings. The molecule has 0 unspecified atom stereocenters. The monoisotopic (exact) mass is 237 g/mol. The summed E-state index contributed by atoms with van der Waals surface area (Å²) in [4.78, 5) is 0. The quantitative estimate of drug-likeness (QED) is 0.747. The summed E-state index contributed by atoms with van der Waals surface area (Å²) in [6.07, 6.45) is 5.28. The lowest BCUT2D eigenvalue weighted by atomic mass is 9.54. The zero-order valence-corrected chi connectivity index (χ0v) is 12.7. The third-order valence-corrected chi connectivity index (χ3v) is 4.93. The summed E-state index contributed by atoms with van der Waals surface area (Å²) in [6.45, 7) is 18.1. The van der Waals surface area contributed by atoms with E-state index >= 15 is 0 Å². The predicted molar refractivity (Wildman–Crippen MR) is 76.9 cm³/mol. The van der Waals surface area contributed by atoms with Gasteiger partial charge in [-0.15, -0.1) is 0 Å². The molecule has 0 spiro atoms. The average Bonchev–Trinajstić information content (AvgIpc) is 2.15. The van der Waals surface area contributed by atoms with E-state index in [1.165, 1.54) is 25.7 Å². The Morgan fingerprint density at radius 3 is 2.00 bits per heavy atom. The largest absolute Gasteiger partial charge is 0.386 e. The van der Waals surface area contributed by atoms with Crippen LogP contribution >= 0.6 is 0 Å². The van der Waals surface area contributed by atoms with Gasteiger partial charge in [0.05, 0.1) is 0 Å². The molecule has 1 aliphatic rings. The van der Waals surface area contributed by atoms with Crippen LogP contribution in [0.5, 0.6) is 0 Å². The van der Waals surface area contributed by atoms with Crippen LogP contribution in [0.25, 0.3) is 0 Å². The van der Waals surface area contributed by atoms with Crippen LogP contribution in [0.4, 0.5) is 0 Å². The van der Waals surface area contributed by atoms with Crippen molar-refractivity contribution in [2.45, 2.75) is 73.3 Å². The Balaban J connectivity index is 2.72. The fourth-order valence-corrected chi connectivity index (χ4v) is 3.82. The van der Waals surface area contributed by atoms with E-state index in [2.05, 4.69) is 53.4 Å². The van der Waals surface area contributed by atoms with Crippen molar-refractivity contribution >= 4 is 0 Å². The summed E-state index contributed by atoms with van der Waals surface area (Å²) >= 11 is 0. The Hall–Kier alpha value is -0.460. The molecule has 0 atom stereocenters. The van der Waals surface area contributed by atoms with Gasteiger partial charge in [0.1, 0.15) is 0 Å². The highest BCUT2D eigenvalue weighted by Gasteiger charge is 2.46. The van der Waals surface area contributed by atoms with E-state index < -0.39 is 0 Å². The molecular formula is C16H31N. The minimum absolute atomic E-state index is 0.412. The molecule has 0 saturated heterocycles. The van der Waals surface area contributed by atoms with Crippen LogP contribution in [0.2, 0.25) is 0 Å². The molecule has 0 bridgehead atoms. The zero-order valence-electron chi connectivity index (χ0n) is 12.7. The fraction of sp³-hybridized carbons (Fsp3) is 0.875. The van der Waals surface area contributed by atoms with Crippen molar-refractivity contribution in [2.24, 2.45) is 16.7 Å². The highest BCUT2D eigenvalue weighted by Crippen LogP contribution is 2.54. The molecule has 0 aromatic heterocycles. The Kier molecular flexibility index (Phi) is 4.33. The first-order valence-corrected chi connectivity index (χ1v) is 7.11. The molecule has 1 N–H and O–H groups in total. The molecule has 100 valence electrons. The number of hydrogen-bond acceptors (Lipinski definition) is 1. The number of rotatable bonds is 3. The van der Waals surface area contributed by atoms with Crippen LogP contribution in [0.1, 0.15) is 67.2 Å². The minimum atomic E-state index is 0.412. The topological polar surface area (TPSA) is 12.0 Å². The highest BCUT2D eigenvalue weighted by molar-refractivity contribution is 4.99. The van der Waals surface area contributed by atoms with Gasteiger partial charge in [0, 0.05) is 11.7 Å². The molecule has 1 rings (SSSR count). The van der Waals surface area contributed by atoms with Crippen molar-refractivity contribution in [1.29, 1.82) is 0 Å². The van der Waals surface area contributed by atoms with Crippen molar-refractivity contribution in [3.8, 4) is 0 Å². The third kappa shape index (κ3) is 3.05. The maximum absolute atomic E-state index is 3.96. The Labute approximate surface area is 108 Å². The van der Waals surface area contributed by atoms with Gasteiger partial charge >= 0.3 is 0 Å². The Morgan fingerprint density at radius 2 is 1.71 bits per heavy atom. The summed E-state index contributed by atoms with van der Waals surface area (Å²) in [7, 11) is 0. The van der Waals surface area contributed by atoms with Crippen molar-refractivity contribution < 1.29 is 0 Å². The lowest BCUT2D eigenvalue weighted by molar-refractivity contribution is -0.0154. The van der Waals surface area contributed by atoms with Crippen LogP contribution in [0.3, 0.4) is 0 Å². The normalized spacial score (nSPS) is 30.4. The zero-order chi connectivity index (χ0) is 13.3. The summed E-state index contributed by atoms with van der Waals surface area (Å²) in [5.41, 5.74) is 2.04. The van der Waals surface area contributed by atoms with Gasteiger partial charge in [-0.25, -0.2) is 0 Å². The van der Waals surface area contributed by atoms with Gasteiger partial charge < -0.3 is 5.32 Å². The SMILES string of the molecule is C=C(C)NC1CCC(C(C)C)(C(C)(C)C)CC1. The maximum atomic E-state index is 3.96. The van der Waals surface area contributed by atoms with E-state index in [9.17, 15) is 0 Å². The van der Waals surface area contributed by atoms with Gasteiger partial charge in [0.2, 0.25) is 0 Å². The first-order valence-electron chi connectivity index (χ1n) is 7.11. The van der Waals surface area contributed by atoms with E-state index in [-0.39, 0.29) is 0 Å². The summed E-state index contributed by atoms with van der Waals surface area (Å²) in [6, 6.07) is 0.654. The minimum Gasteiger partial charge on any atom is -0.386 e. The molecule has 1 nitrogen and oxygen atoms in total. The van der Waals surface area contributed by atoms with Gasteiger partial charge in [-0.1, -0.05) is 41.2 Å². The highest BCUT2D eigenvalue weighted by atomic mass is 14.9. The molecule has 1 aliphatic carbocycles. The molecule has 0 heterocycles. The second-order valence-corrected chi connectivity index (χ2v) is 7.26. The third-order valence-electron chi connectivity index (χ3n) is 4.93. The summed E-state index contributed by atoms with van der Waals surface area (Å²) in [5.74, 6) is 0.772. The van der Waals surface area contributed by atoms with Gasteiger partial charge in [0.25, 0.3) is 0 Å². The molecule has 0 aliphatic heterocycles. The van der Waals surface area contributed by atoms with Gasteiger partial charge in [-0.2, -0.15) is 0 Å². The van der Waals surface area contributed by atoms with Gasteiger partial charge in [-0.3, -0.25) is 0 Å². The number of hydrogen-bond donors (Lipinski definition) is 1. The lowest BCUT2D eigenvalue weighted by Crippen LogP contribution is -2.46. The second-order valence-electron chi connectivity index (χ2n) is 7.26. The van der Waals surface area contributed by atoms with Crippen molar-refractivity contribution in [3.63, 3.8) is 0 Å². The molecular weight excluding hydrogens is 206 g/mol. The standard InChI is InChI=1S/C16H31N/c1-12(2)16(15(5,6)7)10-8-14(9-11-16)17-13(3)4/h12,14,17H,3,8-11H2,1-2,4-7H3. The van der Waals surface area contributed by atoms with Crippen molar-refractivity contribution in [2.75, 3.05) is 0 Å². The van der Waals surface area contributed by atoms with Crippen LogP contribution in [-0.4, -0.2) is 6.04 Å². The van der Waals surface area contributed by atoms with E-state index in [0.29, 0.717) is 16.9 Å². The van der Waals surface area contributed by atoms with E-state index in [1.807, 2.05) is 0 Å². The van der Waals surface area contributed by atoms with Crippen LogP contribution < -0.4 is 5.32 Å². The first-order chi connectivity index (χ1) is 7.69. The molecule has 1 heteroatoms. The predicted octanol–water partition coefficient (Wildman–Crippen LogP) is 4.74. The molecule has 17 heavy (non-hydrogen) atoms. The van der Waals surface area contributed by atoms with Crippen molar-refractivity contribution in [3.05, 3.63) is 12.3 Å². The lowest BCUT2D eigenvalue weighted by Gasteiger charge is -2.52. The van der Waals surface area contributed by atoms with E-state index in [1.54, 1.807) is 0 Å². The summed E-state index contributed by atoms with van der Waals surface area (Å²) in [5, 5.41) is 3.52. The Morgan fingerprint density at radius 1 is 1.24 bits per heavy atom. The number of nitrogens with one attached hydrogen (secondary N) is 1. The molecule has 1 saturated carbocycles. The van der Waals surface area contributed by atoms with Crippen molar-refractivity contribution in [1.82, 2.24) is 5.32 Å². The second kappa shape index (κ2) is 5.04. The van der Waals surface area contributed by atoms with Gasteiger partial charge in [-0.05, 0) is 49.4 Å². The smallest absolute Gasteiger partial charge is 0.0258 e. The fourth-order valence-electron chi connectivity index (χ4n) is 3.82. The molecule has 0 radical (unpaired) electrons. The summed E-state index contributed by atoms with van der Waals surface area (Å²) < 4.78 is 0. The van der Waals surface area contributed by atoms with E-state index in [4.69, 9.17) is 0 Å². The van der Waals surface area contributed by atoms with E-state index in [0.717, 1.165) is 11.6 Å². The molecule has 0 aromatic carbocycles. The molecule has 0 amide bonds. The van der Waals surface area contributed by atoms with Gasteiger partial charge in [0.15, 0.2) is 0 Å². The molecule has 1 fully saturated rings. The Bertz CT molecular complexity index is 262.